The van der Waals surface area contributed by atoms with Crippen LogP contribution in [0.1, 0.15) is 42.9 Å². The van der Waals surface area contributed by atoms with Crippen LogP contribution in [0.5, 0.6) is 0 Å². The largest absolute Gasteiger partial charge is 0.381 e. The number of hydrogen-bond donors (Lipinski definition) is 1. The maximum absolute atomic E-state index is 5.53. The Hall–Kier alpha value is -0.860. The molecule has 0 aliphatic carbocycles. The molecular formula is C18H29NO. The molecule has 1 aromatic carbocycles. The van der Waals surface area contributed by atoms with E-state index in [0.29, 0.717) is 6.04 Å². The van der Waals surface area contributed by atoms with E-state index in [4.69, 9.17) is 4.74 Å². The van der Waals surface area contributed by atoms with Gasteiger partial charge in [0.05, 0.1) is 0 Å². The molecule has 0 spiro atoms. The van der Waals surface area contributed by atoms with Gasteiger partial charge < -0.3 is 10.1 Å². The molecule has 1 heterocycles. The normalized spacial score (nSPS) is 20.2. The maximum Gasteiger partial charge on any atom is 0.0495 e. The zero-order valence-corrected chi connectivity index (χ0v) is 13.2. The lowest BCUT2D eigenvalue weighted by molar-refractivity contribution is 0.181. The van der Waals surface area contributed by atoms with E-state index in [1.54, 1.807) is 0 Å². The van der Waals surface area contributed by atoms with Gasteiger partial charge in [-0.1, -0.05) is 30.7 Å². The lowest BCUT2D eigenvalue weighted by Gasteiger charge is -2.22. The van der Waals surface area contributed by atoms with Crippen LogP contribution in [0.2, 0.25) is 0 Å². The first-order valence-corrected chi connectivity index (χ1v) is 8.06. The molecular weight excluding hydrogens is 246 g/mol. The summed E-state index contributed by atoms with van der Waals surface area (Å²) in [5.41, 5.74) is 4.28. The molecule has 0 amide bonds. The van der Waals surface area contributed by atoms with Crippen molar-refractivity contribution in [3.8, 4) is 0 Å². The van der Waals surface area contributed by atoms with Crippen molar-refractivity contribution in [2.24, 2.45) is 5.92 Å². The highest BCUT2D eigenvalue weighted by Gasteiger charge is 2.21. The summed E-state index contributed by atoms with van der Waals surface area (Å²) in [5.74, 6) is 0.745. The van der Waals surface area contributed by atoms with Crippen molar-refractivity contribution >= 4 is 0 Å². The Morgan fingerprint density at radius 3 is 2.90 bits per heavy atom. The van der Waals surface area contributed by atoms with Crippen molar-refractivity contribution in [2.45, 2.75) is 52.5 Å². The van der Waals surface area contributed by atoms with Crippen LogP contribution >= 0.6 is 0 Å². The molecule has 20 heavy (non-hydrogen) atoms. The second-order valence-electron chi connectivity index (χ2n) is 6.25. The van der Waals surface area contributed by atoms with E-state index in [0.717, 1.165) is 32.1 Å². The average molecular weight is 275 g/mol. The van der Waals surface area contributed by atoms with Crippen LogP contribution in [0.4, 0.5) is 0 Å². The SMILES string of the molecule is CCCNC(Cc1cc(C)ccc1C)CC1CCOC1. The van der Waals surface area contributed by atoms with Crippen LogP contribution < -0.4 is 5.32 Å². The third kappa shape index (κ3) is 4.60. The Balaban J connectivity index is 1.99. The number of ether oxygens (including phenoxy) is 1. The van der Waals surface area contributed by atoms with Gasteiger partial charge in [-0.05, 0) is 63.1 Å². The van der Waals surface area contributed by atoms with Gasteiger partial charge >= 0.3 is 0 Å². The zero-order chi connectivity index (χ0) is 14.4. The second kappa shape index (κ2) is 7.80. The standard InChI is InChI=1S/C18H29NO/c1-4-8-19-18(11-16-7-9-20-13-16)12-17-10-14(2)5-6-15(17)3/h5-6,10,16,18-19H,4,7-9,11-13H2,1-3H3. The first kappa shape index (κ1) is 15.5. The minimum atomic E-state index is 0.585. The summed E-state index contributed by atoms with van der Waals surface area (Å²) >= 11 is 0. The summed E-state index contributed by atoms with van der Waals surface area (Å²) in [7, 11) is 0. The van der Waals surface area contributed by atoms with Crippen molar-refractivity contribution < 1.29 is 4.74 Å². The summed E-state index contributed by atoms with van der Waals surface area (Å²) in [5, 5.41) is 3.74. The predicted molar refractivity (Wildman–Crippen MR) is 85.2 cm³/mol. The summed E-state index contributed by atoms with van der Waals surface area (Å²) in [6, 6.07) is 7.39. The van der Waals surface area contributed by atoms with Gasteiger partial charge in [-0.3, -0.25) is 0 Å². The lowest BCUT2D eigenvalue weighted by atomic mass is 9.92. The van der Waals surface area contributed by atoms with Crippen molar-refractivity contribution in [3.63, 3.8) is 0 Å². The molecule has 2 unspecified atom stereocenters. The van der Waals surface area contributed by atoms with Crippen LogP contribution in [0, 0.1) is 19.8 Å². The smallest absolute Gasteiger partial charge is 0.0495 e. The molecule has 1 aliphatic heterocycles. The number of rotatable bonds is 7. The van der Waals surface area contributed by atoms with Gasteiger partial charge in [-0.2, -0.15) is 0 Å². The van der Waals surface area contributed by atoms with Crippen LogP contribution in [-0.4, -0.2) is 25.8 Å². The molecule has 0 radical (unpaired) electrons. The van der Waals surface area contributed by atoms with Crippen LogP contribution in [0.25, 0.3) is 0 Å². The zero-order valence-electron chi connectivity index (χ0n) is 13.2. The van der Waals surface area contributed by atoms with E-state index in [1.807, 2.05) is 0 Å². The monoisotopic (exact) mass is 275 g/mol. The molecule has 112 valence electrons. The molecule has 1 saturated heterocycles. The fraction of sp³-hybridized carbons (Fsp3) is 0.667. The number of nitrogens with one attached hydrogen (secondary N) is 1. The third-order valence-corrected chi connectivity index (χ3v) is 4.30. The van der Waals surface area contributed by atoms with Gasteiger partial charge in [-0.15, -0.1) is 0 Å². The van der Waals surface area contributed by atoms with Gasteiger partial charge in [-0.25, -0.2) is 0 Å². The fourth-order valence-electron chi connectivity index (χ4n) is 3.04. The Labute approximate surface area is 123 Å². The maximum atomic E-state index is 5.53. The minimum absolute atomic E-state index is 0.585. The molecule has 0 saturated carbocycles. The quantitative estimate of drug-likeness (QED) is 0.820. The van der Waals surface area contributed by atoms with Crippen molar-refractivity contribution in [3.05, 3.63) is 34.9 Å². The highest BCUT2D eigenvalue weighted by Crippen LogP contribution is 2.21. The minimum Gasteiger partial charge on any atom is -0.381 e. The molecule has 0 aromatic heterocycles. The van der Waals surface area contributed by atoms with E-state index < -0.39 is 0 Å². The van der Waals surface area contributed by atoms with Gasteiger partial charge in [0.1, 0.15) is 0 Å². The van der Waals surface area contributed by atoms with E-state index in [2.05, 4.69) is 44.3 Å². The molecule has 1 N–H and O–H groups in total. The number of benzene rings is 1. The molecule has 0 bridgehead atoms. The highest BCUT2D eigenvalue weighted by molar-refractivity contribution is 5.31. The molecule has 2 atom stereocenters. The van der Waals surface area contributed by atoms with Crippen molar-refractivity contribution in [1.29, 1.82) is 0 Å². The first-order valence-electron chi connectivity index (χ1n) is 8.06. The second-order valence-corrected chi connectivity index (χ2v) is 6.25. The Bertz CT molecular complexity index is 410. The molecule has 1 aliphatic rings. The van der Waals surface area contributed by atoms with Crippen LogP contribution in [-0.2, 0) is 11.2 Å². The lowest BCUT2D eigenvalue weighted by Crippen LogP contribution is -2.34. The first-order chi connectivity index (χ1) is 9.69. The van der Waals surface area contributed by atoms with Crippen LogP contribution in [0.3, 0.4) is 0 Å². The average Bonchev–Trinajstić information content (AvgIpc) is 2.93. The number of hydrogen-bond acceptors (Lipinski definition) is 2. The number of aryl methyl sites for hydroxylation is 2. The third-order valence-electron chi connectivity index (χ3n) is 4.30. The highest BCUT2D eigenvalue weighted by atomic mass is 16.5. The van der Waals surface area contributed by atoms with E-state index in [1.165, 1.54) is 36.0 Å². The molecule has 1 aromatic rings. The summed E-state index contributed by atoms with van der Waals surface area (Å²) in [4.78, 5) is 0. The van der Waals surface area contributed by atoms with Crippen LogP contribution in [0.15, 0.2) is 18.2 Å². The molecule has 2 nitrogen and oxygen atoms in total. The van der Waals surface area contributed by atoms with Crippen molar-refractivity contribution in [1.82, 2.24) is 5.32 Å². The van der Waals surface area contributed by atoms with Crippen molar-refractivity contribution in [2.75, 3.05) is 19.8 Å². The topological polar surface area (TPSA) is 21.3 Å². The fourth-order valence-corrected chi connectivity index (χ4v) is 3.04. The van der Waals surface area contributed by atoms with Gasteiger partial charge in [0, 0.05) is 19.3 Å². The Morgan fingerprint density at radius 1 is 1.35 bits per heavy atom. The summed E-state index contributed by atoms with van der Waals surface area (Å²) in [6.07, 6.45) is 4.82. The van der Waals surface area contributed by atoms with Gasteiger partial charge in [0.25, 0.3) is 0 Å². The van der Waals surface area contributed by atoms with Gasteiger partial charge in [0.2, 0.25) is 0 Å². The Kier molecular flexibility index (Phi) is 6.06. The van der Waals surface area contributed by atoms with E-state index in [9.17, 15) is 0 Å². The Morgan fingerprint density at radius 2 is 2.20 bits per heavy atom. The predicted octanol–water partition coefficient (Wildman–Crippen LogP) is 3.64. The summed E-state index contributed by atoms with van der Waals surface area (Å²) in [6.45, 7) is 9.67. The summed E-state index contributed by atoms with van der Waals surface area (Å²) < 4.78 is 5.53. The van der Waals surface area contributed by atoms with E-state index >= 15 is 0 Å². The molecule has 1 fully saturated rings. The van der Waals surface area contributed by atoms with E-state index in [-0.39, 0.29) is 0 Å². The molecule has 2 rings (SSSR count). The van der Waals surface area contributed by atoms with Gasteiger partial charge in [0.15, 0.2) is 0 Å². The molecule has 2 heteroatoms.